The van der Waals surface area contributed by atoms with Crippen molar-refractivity contribution in [1.29, 1.82) is 0 Å². The molecule has 0 amide bonds. The van der Waals surface area contributed by atoms with Crippen molar-refractivity contribution >= 4 is 11.0 Å². The van der Waals surface area contributed by atoms with Crippen LogP contribution in [0, 0.1) is 11.7 Å². The lowest BCUT2D eigenvalue weighted by Crippen LogP contribution is -2.45. The van der Waals surface area contributed by atoms with Crippen molar-refractivity contribution < 1.29 is 8.78 Å². The average molecular weight is 388 g/mol. The summed E-state index contributed by atoms with van der Waals surface area (Å²) in [5.74, 6) is -1.05. The molecule has 4 rings (SSSR count). The van der Waals surface area contributed by atoms with Gasteiger partial charge in [0.05, 0.1) is 11.6 Å². The van der Waals surface area contributed by atoms with E-state index in [0.717, 1.165) is 25.1 Å². The van der Waals surface area contributed by atoms with Crippen molar-refractivity contribution in [3.8, 4) is 0 Å². The molecule has 2 aromatic heterocycles. The number of nitrogens with zero attached hydrogens (tertiary/aromatic N) is 3. The minimum Gasteiger partial charge on any atom is -0.328 e. The number of halogens is 2. The van der Waals surface area contributed by atoms with Gasteiger partial charge in [-0.1, -0.05) is 6.08 Å². The Hall–Kier alpha value is -2.61. The molecule has 2 aromatic rings. The zero-order valence-corrected chi connectivity index (χ0v) is 15.4. The predicted octanol–water partition coefficient (Wildman–Crippen LogP) is 2.57. The van der Waals surface area contributed by atoms with Crippen LogP contribution in [0.5, 0.6) is 0 Å². The average Bonchev–Trinajstić information content (AvgIpc) is 2.68. The van der Waals surface area contributed by atoms with Gasteiger partial charge in [-0.05, 0) is 56.2 Å². The van der Waals surface area contributed by atoms with E-state index in [1.54, 1.807) is 6.08 Å². The van der Waals surface area contributed by atoms with Crippen LogP contribution in [0.3, 0.4) is 0 Å². The molecule has 0 bridgehead atoms. The second kappa shape index (κ2) is 7.43. The largest absolute Gasteiger partial charge is 0.332 e. The molecule has 148 valence electrons. The molecule has 0 aromatic carbocycles. The third kappa shape index (κ3) is 3.44. The van der Waals surface area contributed by atoms with E-state index in [1.807, 2.05) is 0 Å². The van der Waals surface area contributed by atoms with Crippen molar-refractivity contribution in [2.75, 3.05) is 0 Å². The molecule has 6 nitrogen and oxygen atoms in total. The highest BCUT2D eigenvalue weighted by Crippen LogP contribution is 2.26. The lowest BCUT2D eigenvalue weighted by Gasteiger charge is -2.28. The number of aromatic nitrogens is 3. The number of hydrogen-bond acceptors (Lipinski definition) is 4. The van der Waals surface area contributed by atoms with Crippen molar-refractivity contribution in [3.63, 3.8) is 0 Å². The molecule has 2 aliphatic carbocycles. The van der Waals surface area contributed by atoms with E-state index < -0.39 is 17.1 Å². The van der Waals surface area contributed by atoms with Gasteiger partial charge >= 0.3 is 5.69 Å². The Morgan fingerprint density at radius 3 is 2.61 bits per heavy atom. The second-order valence-electron chi connectivity index (χ2n) is 7.61. The molecule has 2 aliphatic rings. The first-order chi connectivity index (χ1) is 13.4. The maximum Gasteiger partial charge on any atom is 0.332 e. The topological polar surface area (TPSA) is 82.9 Å². The van der Waals surface area contributed by atoms with Gasteiger partial charge in [-0.3, -0.25) is 13.9 Å². The first-order valence-corrected chi connectivity index (χ1v) is 9.54. The van der Waals surface area contributed by atoms with Crippen molar-refractivity contribution in [1.82, 2.24) is 14.1 Å². The quantitative estimate of drug-likeness (QED) is 0.876. The third-order valence-electron chi connectivity index (χ3n) is 5.64. The molecule has 28 heavy (non-hydrogen) atoms. The summed E-state index contributed by atoms with van der Waals surface area (Å²) in [7, 11) is 0. The van der Waals surface area contributed by atoms with Gasteiger partial charge < -0.3 is 5.73 Å². The third-order valence-corrected chi connectivity index (χ3v) is 5.64. The fraction of sp³-hybridized carbons (Fsp3) is 0.450. The first-order valence-electron chi connectivity index (χ1n) is 9.54. The lowest BCUT2D eigenvalue weighted by atomic mass is 9.91. The number of fused-ring (bicyclic) bond motifs is 1. The maximum absolute atomic E-state index is 13.8. The molecule has 0 aliphatic heterocycles. The van der Waals surface area contributed by atoms with Gasteiger partial charge in [0.1, 0.15) is 17.3 Å². The number of nitrogens with two attached hydrogens (primary N) is 1. The van der Waals surface area contributed by atoms with Gasteiger partial charge in [-0.2, -0.15) is 0 Å². The molecule has 0 saturated heterocycles. The lowest BCUT2D eigenvalue weighted by molar-refractivity contribution is 0.305. The molecule has 1 saturated carbocycles. The van der Waals surface area contributed by atoms with Gasteiger partial charge in [-0.25, -0.2) is 18.6 Å². The smallest absolute Gasteiger partial charge is 0.328 e. The summed E-state index contributed by atoms with van der Waals surface area (Å²) in [6.45, 7) is 0.237. The van der Waals surface area contributed by atoms with Crippen LogP contribution >= 0.6 is 0 Å². The van der Waals surface area contributed by atoms with Crippen LogP contribution in [-0.2, 0) is 6.54 Å². The standard InChI is InChI=1S/C20H22F2N4O2/c21-13-3-1-12(2-4-13)11-25-18-17(9-14(22)10-24-18)19(27)26(20(25)28)16-7-5-15(23)6-8-16/h1,3-4,9-10,12,15-16H,2,5-8,11,23H2. The Morgan fingerprint density at radius 1 is 1.18 bits per heavy atom. The predicted molar refractivity (Wildman–Crippen MR) is 102 cm³/mol. The van der Waals surface area contributed by atoms with Crippen molar-refractivity contribution in [2.45, 2.75) is 50.7 Å². The van der Waals surface area contributed by atoms with Gasteiger partial charge in [0.25, 0.3) is 5.56 Å². The molecule has 2 N–H and O–H groups in total. The first kappa shape index (κ1) is 18.7. The highest BCUT2D eigenvalue weighted by atomic mass is 19.1. The maximum atomic E-state index is 13.8. The van der Waals surface area contributed by atoms with E-state index in [2.05, 4.69) is 4.98 Å². The second-order valence-corrected chi connectivity index (χ2v) is 7.61. The van der Waals surface area contributed by atoms with Crippen LogP contribution in [0.1, 0.15) is 38.1 Å². The molecular formula is C20H22F2N4O2. The van der Waals surface area contributed by atoms with Crippen LogP contribution in [0.25, 0.3) is 11.0 Å². The zero-order chi connectivity index (χ0) is 19.8. The van der Waals surface area contributed by atoms with Gasteiger partial charge in [0.15, 0.2) is 0 Å². The molecule has 2 heterocycles. The molecule has 1 fully saturated rings. The van der Waals surface area contributed by atoms with E-state index in [1.165, 1.54) is 21.3 Å². The highest BCUT2D eigenvalue weighted by Gasteiger charge is 2.26. The van der Waals surface area contributed by atoms with Crippen molar-refractivity contribution in [2.24, 2.45) is 11.7 Å². The highest BCUT2D eigenvalue weighted by molar-refractivity contribution is 5.73. The molecule has 0 spiro atoms. The number of rotatable bonds is 3. The summed E-state index contributed by atoms with van der Waals surface area (Å²) >= 11 is 0. The Morgan fingerprint density at radius 2 is 1.93 bits per heavy atom. The normalized spacial score (nSPS) is 25.1. The van der Waals surface area contributed by atoms with E-state index in [0.29, 0.717) is 19.3 Å². The van der Waals surface area contributed by atoms with E-state index >= 15 is 0 Å². The van der Waals surface area contributed by atoms with Crippen LogP contribution in [-0.4, -0.2) is 20.2 Å². The molecule has 0 radical (unpaired) electrons. The Bertz CT molecular complexity index is 1080. The summed E-state index contributed by atoms with van der Waals surface area (Å²) in [6.07, 6.45) is 8.68. The molecule has 8 heteroatoms. The van der Waals surface area contributed by atoms with Gasteiger partial charge in [0.2, 0.25) is 0 Å². The number of allylic oxidation sites excluding steroid dienone is 4. The van der Waals surface area contributed by atoms with E-state index in [-0.39, 0.29) is 41.4 Å². The molecule has 1 unspecified atom stereocenters. The van der Waals surface area contributed by atoms with Crippen LogP contribution in [0.2, 0.25) is 0 Å². The summed E-state index contributed by atoms with van der Waals surface area (Å²) < 4.78 is 29.7. The van der Waals surface area contributed by atoms with Crippen LogP contribution in [0.15, 0.2) is 45.9 Å². The van der Waals surface area contributed by atoms with Crippen LogP contribution in [0.4, 0.5) is 8.78 Å². The SMILES string of the molecule is NC1CCC(n2c(=O)c3cc(F)cnc3n(CC3C=CC(F)=CC3)c2=O)CC1. The fourth-order valence-electron chi connectivity index (χ4n) is 4.10. The number of hydrogen-bond donors (Lipinski definition) is 1. The Labute approximate surface area is 160 Å². The Kier molecular flexibility index (Phi) is 4.97. The van der Waals surface area contributed by atoms with Gasteiger partial charge in [0, 0.05) is 18.6 Å². The van der Waals surface area contributed by atoms with E-state index in [9.17, 15) is 18.4 Å². The van der Waals surface area contributed by atoms with Gasteiger partial charge in [-0.15, -0.1) is 0 Å². The minimum atomic E-state index is -0.630. The Balaban J connectivity index is 1.84. The summed E-state index contributed by atoms with van der Waals surface area (Å²) in [4.78, 5) is 30.3. The summed E-state index contributed by atoms with van der Waals surface area (Å²) in [5.41, 5.74) is 5.13. The summed E-state index contributed by atoms with van der Waals surface area (Å²) in [5, 5.41) is 0.0796. The minimum absolute atomic E-state index is 0.0720. The molecular weight excluding hydrogens is 366 g/mol. The zero-order valence-electron chi connectivity index (χ0n) is 15.4. The monoisotopic (exact) mass is 388 g/mol. The summed E-state index contributed by atoms with van der Waals surface area (Å²) in [6, 6.07) is 0.933. The fourth-order valence-corrected chi connectivity index (χ4v) is 4.10. The van der Waals surface area contributed by atoms with Crippen molar-refractivity contribution in [3.05, 3.63) is 63.0 Å². The van der Waals surface area contributed by atoms with E-state index in [4.69, 9.17) is 5.73 Å². The van der Waals surface area contributed by atoms with Crippen LogP contribution < -0.4 is 17.0 Å². The number of pyridine rings is 1. The molecule has 1 atom stereocenters.